The topological polar surface area (TPSA) is 41.5 Å². The SMILES string of the molecule is CC(C)(CO)CNCC1CCC(C)(C)O1. The molecule has 0 amide bonds. The minimum Gasteiger partial charge on any atom is -0.396 e. The fraction of sp³-hybridized carbons (Fsp3) is 1.00. The van der Waals surface area contributed by atoms with Gasteiger partial charge in [-0.3, -0.25) is 0 Å². The predicted octanol–water partition coefficient (Wildman–Crippen LogP) is 1.55. The van der Waals surface area contributed by atoms with E-state index in [2.05, 4.69) is 33.0 Å². The Hall–Kier alpha value is -0.120. The molecule has 0 aromatic carbocycles. The van der Waals surface area contributed by atoms with Gasteiger partial charge in [0.15, 0.2) is 0 Å². The molecule has 3 nitrogen and oxygen atoms in total. The summed E-state index contributed by atoms with van der Waals surface area (Å²) in [7, 11) is 0. The maximum atomic E-state index is 9.10. The Bertz CT molecular complexity index is 202. The standard InChI is InChI=1S/C12H25NO2/c1-11(2,9-14)8-13-7-10-5-6-12(3,4)15-10/h10,13-14H,5-9H2,1-4H3. The number of hydrogen-bond donors (Lipinski definition) is 2. The van der Waals surface area contributed by atoms with Crippen molar-refractivity contribution in [1.82, 2.24) is 5.32 Å². The lowest BCUT2D eigenvalue weighted by Crippen LogP contribution is -2.37. The van der Waals surface area contributed by atoms with Crippen LogP contribution < -0.4 is 5.32 Å². The molecule has 90 valence electrons. The maximum Gasteiger partial charge on any atom is 0.0707 e. The average Bonchev–Trinajstić information content (AvgIpc) is 2.45. The lowest BCUT2D eigenvalue weighted by Gasteiger charge is -2.24. The van der Waals surface area contributed by atoms with E-state index >= 15 is 0 Å². The molecule has 0 radical (unpaired) electrons. The lowest BCUT2D eigenvalue weighted by molar-refractivity contribution is -0.0152. The van der Waals surface area contributed by atoms with Crippen molar-refractivity contribution in [2.75, 3.05) is 19.7 Å². The van der Waals surface area contributed by atoms with Crippen molar-refractivity contribution in [2.45, 2.75) is 52.2 Å². The van der Waals surface area contributed by atoms with Gasteiger partial charge in [-0.05, 0) is 26.7 Å². The molecule has 0 saturated carbocycles. The van der Waals surface area contributed by atoms with E-state index in [4.69, 9.17) is 9.84 Å². The summed E-state index contributed by atoms with van der Waals surface area (Å²) in [5.74, 6) is 0. The highest BCUT2D eigenvalue weighted by atomic mass is 16.5. The summed E-state index contributed by atoms with van der Waals surface area (Å²) in [6.45, 7) is 10.3. The van der Waals surface area contributed by atoms with Gasteiger partial charge in [-0.25, -0.2) is 0 Å². The summed E-state index contributed by atoms with van der Waals surface area (Å²) >= 11 is 0. The second-order valence-corrected chi connectivity index (χ2v) is 5.99. The van der Waals surface area contributed by atoms with E-state index in [0.29, 0.717) is 6.10 Å². The van der Waals surface area contributed by atoms with Crippen LogP contribution in [0.5, 0.6) is 0 Å². The molecule has 0 bridgehead atoms. The monoisotopic (exact) mass is 215 g/mol. The molecule has 1 atom stereocenters. The Balaban J connectivity index is 2.17. The second-order valence-electron chi connectivity index (χ2n) is 5.99. The average molecular weight is 215 g/mol. The van der Waals surface area contributed by atoms with Gasteiger partial charge in [-0.2, -0.15) is 0 Å². The molecule has 1 heterocycles. The molecular formula is C12H25NO2. The Labute approximate surface area is 93.2 Å². The van der Waals surface area contributed by atoms with Gasteiger partial charge < -0.3 is 15.2 Å². The van der Waals surface area contributed by atoms with Crippen LogP contribution in [0.1, 0.15) is 40.5 Å². The van der Waals surface area contributed by atoms with Crippen molar-refractivity contribution in [1.29, 1.82) is 0 Å². The van der Waals surface area contributed by atoms with E-state index in [1.807, 2.05) is 0 Å². The third-order valence-electron chi connectivity index (χ3n) is 2.96. The summed E-state index contributed by atoms with van der Waals surface area (Å²) in [6, 6.07) is 0. The third-order valence-corrected chi connectivity index (χ3v) is 2.96. The molecule has 0 spiro atoms. The summed E-state index contributed by atoms with van der Waals surface area (Å²) in [5, 5.41) is 12.5. The Morgan fingerprint density at radius 2 is 2.13 bits per heavy atom. The number of hydrogen-bond acceptors (Lipinski definition) is 3. The normalized spacial score (nSPS) is 25.8. The smallest absolute Gasteiger partial charge is 0.0707 e. The van der Waals surface area contributed by atoms with Gasteiger partial charge in [0.25, 0.3) is 0 Å². The number of rotatable bonds is 5. The van der Waals surface area contributed by atoms with Crippen molar-refractivity contribution in [3.05, 3.63) is 0 Å². The van der Waals surface area contributed by atoms with Crippen LogP contribution >= 0.6 is 0 Å². The molecule has 3 heteroatoms. The maximum absolute atomic E-state index is 9.10. The van der Waals surface area contributed by atoms with Gasteiger partial charge in [0, 0.05) is 25.1 Å². The van der Waals surface area contributed by atoms with Crippen molar-refractivity contribution in [2.24, 2.45) is 5.41 Å². The van der Waals surface area contributed by atoms with Crippen molar-refractivity contribution < 1.29 is 9.84 Å². The van der Waals surface area contributed by atoms with Crippen LogP contribution in [0.2, 0.25) is 0 Å². The minimum atomic E-state index is -0.0336. The molecule has 15 heavy (non-hydrogen) atoms. The van der Waals surface area contributed by atoms with Crippen molar-refractivity contribution >= 4 is 0 Å². The van der Waals surface area contributed by atoms with Gasteiger partial charge in [-0.1, -0.05) is 13.8 Å². The van der Waals surface area contributed by atoms with Gasteiger partial charge in [-0.15, -0.1) is 0 Å². The quantitative estimate of drug-likeness (QED) is 0.731. The van der Waals surface area contributed by atoms with E-state index in [1.54, 1.807) is 0 Å². The van der Waals surface area contributed by atoms with E-state index in [9.17, 15) is 0 Å². The van der Waals surface area contributed by atoms with Gasteiger partial charge in [0.1, 0.15) is 0 Å². The van der Waals surface area contributed by atoms with Gasteiger partial charge in [0.05, 0.1) is 11.7 Å². The van der Waals surface area contributed by atoms with E-state index in [1.165, 1.54) is 0 Å². The van der Waals surface area contributed by atoms with E-state index in [-0.39, 0.29) is 17.6 Å². The molecule has 1 fully saturated rings. The summed E-state index contributed by atoms with van der Waals surface area (Å²) in [5.41, 5.74) is 0.0208. The lowest BCUT2D eigenvalue weighted by atomic mass is 9.95. The highest BCUT2D eigenvalue weighted by Gasteiger charge is 2.31. The highest BCUT2D eigenvalue weighted by molar-refractivity contribution is 4.82. The largest absolute Gasteiger partial charge is 0.396 e. The first-order valence-electron chi connectivity index (χ1n) is 5.84. The molecule has 2 N–H and O–H groups in total. The third kappa shape index (κ3) is 4.49. The first kappa shape index (κ1) is 12.9. The molecule has 0 aromatic heterocycles. The van der Waals surface area contributed by atoms with Crippen LogP contribution in [-0.4, -0.2) is 36.5 Å². The zero-order valence-electron chi connectivity index (χ0n) is 10.5. The second kappa shape index (κ2) is 4.81. The fourth-order valence-electron chi connectivity index (χ4n) is 1.85. The summed E-state index contributed by atoms with van der Waals surface area (Å²) in [4.78, 5) is 0. The van der Waals surface area contributed by atoms with Crippen LogP contribution in [0.15, 0.2) is 0 Å². The van der Waals surface area contributed by atoms with Crippen LogP contribution in [0, 0.1) is 5.41 Å². The predicted molar refractivity (Wildman–Crippen MR) is 61.9 cm³/mol. The van der Waals surface area contributed by atoms with Crippen LogP contribution in [0.3, 0.4) is 0 Å². The van der Waals surface area contributed by atoms with Crippen molar-refractivity contribution in [3.8, 4) is 0 Å². The van der Waals surface area contributed by atoms with Crippen LogP contribution in [0.4, 0.5) is 0 Å². The molecule has 0 aliphatic carbocycles. The first-order chi connectivity index (χ1) is 6.85. The zero-order chi connectivity index (χ0) is 11.5. The van der Waals surface area contributed by atoms with Crippen LogP contribution in [-0.2, 0) is 4.74 Å². The van der Waals surface area contributed by atoms with Crippen molar-refractivity contribution in [3.63, 3.8) is 0 Å². The Kier molecular flexibility index (Phi) is 4.15. The van der Waals surface area contributed by atoms with Gasteiger partial charge in [0.2, 0.25) is 0 Å². The number of aliphatic hydroxyl groups excluding tert-OH is 1. The fourth-order valence-corrected chi connectivity index (χ4v) is 1.85. The Morgan fingerprint density at radius 1 is 1.47 bits per heavy atom. The summed E-state index contributed by atoms with van der Waals surface area (Å²) in [6.07, 6.45) is 2.62. The molecule has 1 aliphatic rings. The molecule has 1 rings (SSSR count). The number of ether oxygens (including phenoxy) is 1. The molecule has 0 aromatic rings. The van der Waals surface area contributed by atoms with Crippen LogP contribution in [0.25, 0.3) is 0 Å². The Morgan fingerprint density at radius 3 is 2.60 bits per heavy atom. The number of aliphatic hydroxyl groups is 1. The van der Waals surface area contributed by atoms with E-state index < -0.39 is 0 Å². The van der Waals surface area contributed by atoms with E-state index in [0.717, 1.165) is 25.9 Å². The molecular weight excluding hydrogens is 190 g/mol. The van der Waals surface area contributed by atoms with Gasteiger partial charge >= 0.3 is 0 Å². The zero-order valence-corrected chi connectivity index (χ0v) is 10.5. The first-order valence-corrected chi connectivity index (χ1v) is 5.84. The molecule has 1 aliphatic heterocycles. The molecule has 1 unspecified atom stereocenters. The number of nitrogens with one attached hydrogen (secondary N) is 1. The summed E-state index contributed by atoms with van der Waals surface area (Å²) < 4.78 is 5.87. The highest BCUT2D eigenvalue weighted by Crippen LogP contribution is 2.28. The minimum absolute atomic E-state index is 0.0336. The molecule has 1 saturated heterocycles.